The molecule has 0 amide bonds. The van der Waals surface area contributed by atoms with Crippen molar-refractivity contribution in [2.75, 3.05) is 33.4 Å². The molecule has 2 heterocycles. The largest absolute Gasteiger partial charge is 0.497 e. The van der Waals surface area contributed by atoms with Crippen molar-refractivity contribution in [3.63, 3.8) is 0 Å². The molecule has 0 spiro atoms. The molecule has 0 atom stereocenters. The predicted octanol–water partition coefficient (Wildman–Crippen LogP) is 3.52. The number of benzene rings is 2. The fourth-order valence-electron chi connectivity index (χ4n) is 3.13. The third kappa shape index (κ3) is 3.73. The summed E-state index contributed by atoms with van der Waals surface area (Å²) in [6.45, 7) is 3.78. The molecule has 3 aromatic rings. The molecule has 4 rings (SSSR count). The molecule has 0 bridgehead atoms. The zero-order chi connectivity index (χ0) is 17.8. The van der Waals surface area contributed by atoms with Crippen LogP contribution in [0.5, 0.6) is 17.4 Å². The molecule has 5 nitrogen and oxygen atoms in total. The van der Waals surface area contributed by atoms with Gasteiger partial charge in [0.25, 0.3) is 0 Å². The second kappa shape index (κ2) is 7.62. The topological polar surface area (TPSA) is 43.8 Å². The molecule has 2 aromatic carbocycles. The van der Waals surface area contributed by atoms with E-state index in [9.17, 15) is 0 Å². The van der Waals surface area contributed by atoms with Crippen LogP contribution in [0.25, 0.3) is 10.9 Å². The van der Waals surface area contributed by atoms with E-state index in [1.165, 1.54) is 0 Å². The van der Waals surface area contributed by atoms with E-state index in [0.717, 1.165) is 53.5 Å². The van der Waals surface area contributed by atoms with Gasteiger partial charge in [0, 0.05) is 30.6 Å². The van der Waals surface area contributed by atoms with Gasteiger partial charge in [0.1, 0.15) is 24.7 Å². The smallest absolute Gasteiger partial charge is 0.218 e. The van der Waals surface area contributed by atoms with Crippen LogP contribution in [0.2, 0.25) is 0 Å². The highest BCUT2D eigenvalue weighted by atomic mass is 16.5. The summed E-state index contributed by atoms with van der Waals surface area (Å²) in [5.41, 5.74) is 2.10. The monoisotopic (exact) mass is 350 g/mol. The fraction of sp³-hybridized carbons (Fsp3) is 0.286. The highest BCUT2D eigenvalue weighted by molar-refractivity contribution is 5.80. The van der Waals surface area contributed by atoms with Crippen LogP contribution in [0.1, 0.15) is 5.56 Å². The Morgan fingerprint density at radius 1 is 1.08 bits per heavy atom. The number of rotatable bonds is 5. The highest BCUT2D eigenvalue weighted by Gasteiger charge is 2.17. The standard InChI is InChI=1S/C21H22N2O3/c1-24-18-6-8-19(9-7-18)25-12-10-23-11-13-26-21-17(15-23)14-16-4-2-3-5-20(16)22-21/h2-9,14H,10-13,15H2,1H3. The van der Waals surface area contributed by atoms with Gasteiger partial charge < -0.3 is 14.2 Å². The molecular weight excluding hydrogens is 328 g/mol. The lowest BCUT2D eigenvalue weighted by atomic mass is 10.1. The molecular formula is C21H22N2O3. The molecule has 5 heteroatoms. The molecule has 0 saturated heterocycles. The third-order valence-electron chi connectivity index (χ3n) is 4.54. The first-order chi connectivity index (χ1) is 12.8. The van der Waals surface area contributed by atoms with Crippen LogP contribution in [0.15, 0.2) is 54.6 Å². The SMILES string of the molecule is COc1ccc(OCCN2CCOc3nc4ccccc4cc3C2)cc1. The summed E-state index contributed by atoms with van der Waals surface area (Å²) in [5.74, 6) is 2.44. The van der Waals surface area contributed by atoms with Crippen molar-refractivity contribution in [1.82, 2.24) is 9.88 Å². The first-order valence-electron chi connectivity index (χ1n) is 8.82. The quantitative estimate of drug-likeness (QED) is 0.704. The van der Waals surface area contributed by atoms with Gasteiger partial charge >= 0.3 is 0 Å². The highest BCUT2D eigenvalue weighted by Crippen LogP contribution is 2.25. The maximum absolute atomic E-state index is 5.87. The van der Waals surface area contributed by atoms with Gasteiger partial charge in [-0.05, 0) is 36.4 Å². The first-order valence-corrected chi connectivity index (χ1v) is 8.82. The summed E-state index contributed by atoms with van der Waals surface area (Å²) in [5, 5.41) is 1.14. The lowest BCUT2D eigenvalue weighted by Crippen LogP contribution is -2.30. The molecule has 0 N–H and O–H groups in total. The number of aromatic nitrogens is 1. The normalized spacial score (nSPS) is 14.3. The summed E-state index contributed by atoms with van der Waals surface area (Å²) in [7, 11) is 1.66. The molecule has 0 fully saturated rings. The van der Waals surface area contributed by atoms with Gasteiger partial charge in [-0.2, -0.15) is 0 Å². The van der Waals surface area contributed by atoms with Gasteiger partial charge in [-0.25, -0.2) is 4.98 Å². The van der Waals surface area contributed by atoms with Crippen LogP contribution in [-0.2, 0) is 6.54 Å². The summed E-state index contributed by atoms with van der Waals surface area (Å²) < 4.78 is 16.9. The van der Waals surface area contributed by atoms with E-state index in [1.54, 1.807) is 7.11 Å². The molecule has 0 radical (unpaired) electrons. The molecule has 1 aromatic heterocycles. The first kappa shape index (κ1) is 16.7. The number of pyridine rings is 1. The molecule has 134 valence electrons. The van der Waals surface area contributed by atoms with E-state index in [0.29, 0.717) is 13.2 Å². The second-order valence-corrected chi connectivity index (χ2v) is 6.29. The van der Waals surface area contributed by atoms with Gasteiger partial charge in [0.05, 0.1) is 12.6 Å². The van der Waals surface area contributed by atoms with E-state index in [-0.39, 0.29) is 0 Å². The van der Waals surface area contributed by atoms with E-state index < -0.39 is 0 Å². The zero-order valence-corrected chi connectivity index (χ0v) is 14.9. The van der Waals surface area contributed by atoms with Gasteiger partial charge in [0.2, 0.25) is 5.88 Å². The van der Waals surface area contributed by atoms with E-state index in [2.05, 4.69) is 22.0 Å². The van der Waals surface area contributed by atoms with Crippen LogP contribution in [-0.4, -0.2) is 43.3 Å². The minimum atomic E-state index is 0.628. The van der Waals surface area contributed by atoms with Gasteiger partial charge in [0.15, 0.2) is 0 Å². The van der Waals surface area contributed by atoms with Crippen molar-refractivity contribution in [2.24, 2.45) is 0 Å². The van der Waals surface area contributed by atoms with Crippen molar-refractivity contribution in [2.45, 2.75) is 6.54 Å². The van der Waals surface area contributed by atoms with E-state index in [1.807, 2.05) is 42.5 Å². The molecule has 26 heavy (non-hydrogen) atoms. The second-order valence-electron chi connectivity index (χ2n) is 6.29. The Labute approximate surface area is 153 Å². The number of nitrogens with zero attached hydrogens (tertiary/aromatic N) is 2. The third-order valence-corrected chi connectivity index (χ3v) is 4.54. The Morgan fingerprint density at radius 3 is 2.73 bits per heavy atom. The van der Waals surface area contributed by atoms with Crippen LogP contribution in [0.4, 0.5) is 0 Å². The number of hydrogen-bond donors (Lipinski definition) is 0. The molecule has 0 aliphatic carbocycles. The number of fused-ring (bicyclic) bond motifs is 2. The Bertz CT molecular complexity index is 880. The zero-order valence-electron chi connectivity index (χ0n) is 14.9. The van der Waals surface area contributed by atoms with Gasteiger partial charge in [-0.15, -0.1) is 0 Å². The lowest BCUT2D eigenvalue weighted by molar-refractivity contribution is 0.185. The lowest BCUT2D eigenvalue weighted by Gasteiger charge is -2.19. The van der Waals surface area contributed by atoms with Crippen molar-refractivity contribution in [3.8, 4) is 17.4 Å². The molecule has 1 aliphatic rings. The van der Waals surface area contributed by atoms with Crippen LogP contribution < -0.4 is 14.2 Å². The molecule has 0 unspecified atom stereocenters. The van der Waals surface area contributed by atoms with Crippen LogP contribution >= 0.6 is 0 Å². The fourth-order valence-corrected chi connectivity index (χ4v) is 3.13. The number of para-hydroxylation sites is 1. The van der Waals surface area contributed by atoms with E-state index >= 15 is 0 Å². The molecule has 0 saturated carbocycles. The minimum absolute atomic E-state index is 0.628. The van der Waals surface area contributed by atoms with Crippen LogP contribution in [0, 0.1) is 0 Å². The average Bonchev–Trinajstić information content (AvgIpc) is 2.88. The minimum Gasteiger partial charge on any atom is -0.497 e. The Kier molecular flexibility index (Phi) is 4.88. The van der Waals surface area contributed by atoms with Gasteiger partial charge in [-0.1, -0.05) is 18.2 Å². The Morgan fingerprint density at radius 2 is 1.88 bits per heavy atom. The van der Waals surface area contributed by atoms with Crippen molar-refractivity contribution < 1.29 is 14.2 Å². The maximum Gasteiger partial charge on any atom is 0.218 e. The molecule has 1 aliphatic heterocycles. The number of hydrogen-bond acceptors (Lipinski definition) is 5. The summed E-state index contributed by atoms with van der Waals surface area (Å²) in [4.78, 5) is 7.00. The van der Waals surface area contributed by atoms with E-state index in [4.69, 9.17) is 14.2 Å². The Balaban J connectivity index is 1.39. The number of methoxy groups -OCH3 is 1. The van der Waals surface area contributed by atoms with Gasteiger partial charge in [-0.3, -0.25) is 4.90 Å². The summed E-state index contributed by atoms with van der Waals surface area (Å²) in [6.07, 6.45) is 0. The van der Waals surface area contributed by atoms with Crippen molar-refractivity contribution in [3.05, 3.63) is 60.2 Å². The van der Waals surface area contributed by atoms with Crippen molar-refractivity contribution >= 4 is 10.9 Å². The summed E-state index contributed by atoms with van der Waals surface area (Å²) >= 11 is 0. The summed E-state index contributed by atoms with van der Waals surface area (Å²) in [6, 6.07) is 18.0. The Hall–Kier alpha value is -2.79. The predicted molar refractivity (Wildman–Crippen MR) is 101 cm³/mol. The maximum atomic E-state index is 5.87. The van der Waals surface area contributed by atoms with Crippen molar-refractivity contribution in [1.29, 1.82) is 0 Å². The average molecular weight is 350 g/mol. The van der Waals surface area contributed by atoms with Crippen LogP contribution in [0.3, 0.4) is 0 Å². The number of ether oxygens (including phenoxy) is 3.